The SMILES string of the molecule is CCC1CCc2cnc(NCCN)nc21. The summed E-state index contributed by atoms with van der Waals surface area (Å²) in [6.07, 6.45) is 5.48. The van der Waals surface area contributed by atoms with E-state index in [-0.39, 0.29) is 0 Å². The molecule has 82 valence electrons. The van der Waals surface area contributed by atoms with E-state index in [0.29, 0.717) is 12.5 Å². The van der Waals surface area contributed by atoms with E-state index in [1.807, 2.05) is 6.20 Å². The number of nitrogens with two attached hydrogens (primary N) is 1. The number of aromatic nitrogens is 2. The largest absolute Gasteiger partial charge is 0.353 e. The molecule has 1 heterocycles. The van der Waals surface area contributed by atoms with Gasteiger partial charge >= 0.3 is 0 Å². The number of fused-ring (bicyclic) bond motifs is 1. The summed E-state index contributed by atoms with van der Waals surface area (Å²) < 4.78 is 0. The Morgan fingerprint density at radius 3 is 3.20 bits per heavy atom. The third-order valence-electron chi connectivity index (χ3n) is 2.97. The number of nitrogens with one attached hydrogen (secondary N) is 1. The molecule has 0 saturated heterocycles. The molecule has 1 aromatic heterocycles. The van der Waals surface area contributed by atoms with E-state index in [9.17, 15) is 0 Å². The first-order chi connectivity index (χ1) is 7.35. The molecule has 2 rings (SSSR count). The molecule has 1 atom stereocenters. The molecule has 4 nitrogen and oxygen atoms in total. The summed E-state index contributed by atoms with van der Waals surface area (Å²) in [5, 5.41) is 3.12. The second kappa shape index (κ2) is 4.57. The summed E-state index contributed by atoms with van der Waals surface area (Å²) in [4.78, 5) is 8.84. The number of aryl methyl sites for hydroxylation is 1. The van der Waals surface area contributed by atoms with E-state index in [2.05, 4.69) is 22.2 Å². The zero-order valence-electron chi connectivity index (χ0n) is 9.16. The van der Waals surface area contributed by atoms with Gasteiger partial charge in [-0.05, 0) is 24.8 Å². The van der Waals surface area contributed by atoms with Crippen LogP contribution in [-0.4, -0.2) is 23.1 Å². The van der Waals surface area contributed by atoms with Crippen LogP contribution in [0, 0.1) is 0 Å². The van der Waals surface area contributed by atoms with Gasteiger partial charge in [0.1, 0.15) is 0 Å². The minimum Gasteiger partial charge on any atom is -0.353 e. The van der Waals surface area contributed by atoms with Crippen LogP contribution in [0.2, 0.25) is 0 Å². The van der Waals surface area contributed by atoms with E-state index in [1.165, 1.54) is 24.1 Å². The molecule has 0 saturated carbocycles. The Labute approximate surface area is 90.3 Å². The Balaban J connectivity index is 2.17. The van der Waals surface area contributed by atoms with Crippen LogP contribution in [0.1, 0.15) is 36.9 Å². The van der Waals surface area contributed by atoms with Crippen molar-refractivity contribution in [3.8, 4) is 0 Å². The van der Waals surface area contributed by atoms with Crippen molar-refractivity contribution in [2.75, 3.05) is 18.4 Å². The van der Waals surface area contributed by atoms with Gasteiger partial charge in [-0.25, -0.2) is 9.97 Å². The van der Waals surface area contributed by atoms with Crippen molar-refractivity contribution in [3.05, 3.63) is 17.5 Å². The third kappa shape index (κ3) is 2.09. The lowest BCUT2D eigenvalue weighted by Crippen LogP contribution is -2.15. The molecule has 1 aliphatic carbocycles. The van der Waals surface area contributed by atoms with Crippen LogP contribution in [0.4, 0.5) is 5.95 Å². The molecule has 15 heavy (non-hydrogen) atoms. The van der Waals surface area contributed by atoms with Crippen molar-refractivity contribution in [2.45, 2.75) is 32.1 Å². The first kappa shape index (κ1) is 10.4. The molecule has 1 unspecified atom stereocenters. The fourth-order valence-corrected chi connectivity index (χ4v) is 2.10. The Morgan fingerprint density at radius 1 is 1.60 bits per heavy atom. The molecule has 1 aliphatic rings. The van der Waals surface area contributed by atoms with Gasteiger partial charge in [-0.1, -0.05) is 6.92 Å². The molecule has 0 radical (unpaired) electrons. The zero-order chi connectivity index (χ0) is 10.7. The highest BCUT2D eigenvalue weighted by Gasteiger charge is 2.23. The summed E-state index contributed by atoms with van der Waals surface area (Å²) >= 11 is 0. The lowest BCUT2D eigenvalue weighted by molar-refractivity contribution is 0.642. The lowest BCUT2D eigenvalue weighted by atomic mass is 10.0. The number of hydrogen-bond donors (Lipinski definition) is 2. The minimum absolute atomic E-state index is 0.609. The van der Waals surface area contributed by atoms with Gasteiger partial charge in [0.05, 0.1) is 5.69 Å². The van der Waals surface area contributed by atoms with Crippen molar-refractivity contribution in [1.29, 1.82) is 0 Å². The van der Waals surface area contributed by atoms with E-state index >= 15 is 0 Å². The summed E-state index contributed by atoms with van der Waals surface area (Å²) in [6, 6.07) is 0. The van der Waals surface area contributed by atoms with E-state index < -0.39 is 0 Å². The highest BCUT2D eigenvalue weighted by Crippen LogP contribution is 2.33. The third-order valence-corrected chi connectivity index (χ3v) is 2.97. The standard InChI is InChI=1S/C11H18N4/c1-2-8-3-4-9-7-14-11(13-6-5-12)15-10(8)9/h7-8H,2-6,12H2,1H3,(H,13,14,15). The van der Waals surface area contributed by atoms with Crippen LogP contribution < -0.4 is 11.1 Å². The predicted octanol–water partition coefficient (Wildman–Crippen LogP) is 1.29. The van der Waals surface area contributed by atoms with Gasteiger partial charge in [0, 0.05) is 25.2 Å². The molecule has 1 aromatic rings. The summed E-state index contributed by atoms with van der Waals surface area (Å²) in [5.74, 6) is 1.35. The van der Waals surface area contributed by atoms with Gasteiger partial charge in [-0.2, -0.15) is 0 Å². The quantitative estimate of drug-likeness (QED) is 0.779. The second-order valence-electron chi connectivity index (χ2n) is 3.96. The molecule has 0 aromatic carbocycles. The molecule has 0 aliphatic heterocycles. The van der Waals surface area contributed by atoms with Crippen LogP contribution >= 0.6 is 0 Å². The van der Waals surface area contributed by atoms with Crippen LogP contribution in [0.5, 0.6) is 0 Å². The second-order valence-corrected chi connectivity index (χ2v) is 3.96. The number of nitrogens with zero attached hydrogens (tertiary/aromatic N) is 2. The Hall–Kier alpha value is -1.16. The van der Waals surface area contributed by atoms with E-state index in [1.54, 1.807) is 0 Å². The number of anilines is 1. The molecule has 0 amide bonds. The summed E-state index contributed by atoms with van der Waals surface area (Å²) in [6.45, 7) is 3.56. The van der Waals surface area contributed by atoms with Crippen LogP contribution in [0.15, 0.2) is 6.20 Å². The van der Waals surface area contributed by atoms with Gasteiger partial charge in [0.15, 0.2) is 0 Å². The van der Waals surface area contributed by atoms with Crippen molar-refractivity contribution in [3.63, 3.8) is 0 Å². The molecule has 0 fully saturated rings. The number of rotatable bonds is 4. The average Bonchev–Trinajstić information content (AvgIpc) is 2.68. The smallest absolute Gasteiger partial charge is 0.222 e. The summed E-state index contributed by atoms with van der Waals surface area (Å²) in [5.41, 5.74) is 7.99. The van der Waals surface area contributed by atoms with E-state index in [0.717, 1.165) is 18.9 Å². The van der Waals surface area contributed by atoms with Crippen LogP contribution in [-0.2, 0) is 6.42 Å². The Kier molecular flexibility index (Phi) is 3.16. The van der Waals surface area contributed by atoms with Crippen molar-refractivity contribution >= 4 is 5.95 Å². The minimum atomic E-state index is 0.609. The topological polar surface area (TPSA) is 63.8 Å². The number of hydrogen-bond acceptors (Lipinski definition) is 4. The Bertz CT molecular complexity index is 337. The van der Waals surface area contributed by atoms with Gasteiger partial charge in [-0.3, -0.25) is 0 Å². The maximum Gasteiger partial charge on any atom is 0.222 e. The highest BCUT2D eigenvalue weighted by atomic mass is 15.1. The van der Waals surface area contributed by atoms with Gasteiger partial charge in [-0.15, -0.1) is 0 Å². The summed E-state index contributed by atoms with van der Waals surface area (Å²) in [7, 11) is 0. The van der Waals surface area contributed by atoms with Gasteiger partial charge in [0.25, 0.3) is 0 Å². The molecular weight excluding hydrogens is 188 g/mol. The van der Waals surface area contributed by atoms with Gasteiger partial charge < -0.3 is 11.1 Å². The normalized spacial score (nSPS) is 18.9. The first-order valence-corrected chi connectivity index (χ1v) is 5.65. The predicted molar refractivity (Wildman–Crippen MR) is 60.9 cm³/mol. The average molecular weight is 206 g/mol. The highest BCUT2D eigenvalue weighted by molar-refractivity contribution is 5.34. The maximum absolute atomic E-state index is 5.42. The van der Waals surface area contributed by atoms with Crippen molar-refractivity contribution in [2.24, 2.45) is 5.73 Å². The monoisotopic (exact) mass is 206 g/mol. The lowest BCUT2D eigenvalue weighted by Gasteiger charge is -2.09. The van der Waals surface area contributed by atoms with E-state index in [4.69, 9.17) is 5.73 Å². The Morgan fingerprint density at radius 2 is 2.47 bits per heavy atom. The van der Waals surface area contributed by atoms with Gasteiger partial charge in [0.2, 0.25) is 5.95 Å². The van der Waals surface area contributed by atoms with Crippen LogP contribution in [0.25, 0.3) is 0 Å². The fourth-order valence-electron chi connectivity index (χ4n) is 2.10. The first-order valence-electron chi connectivity index (χ1n) is 5.65. The molecule has 3 N–H and O–H groups in total. The molecule has 0 spiro atoms. The zero-order valence-corrected chi connectivity index (χ0v) is 9.16. The van der Waals surface area contributed by atoms with Crippen molar-refractivity contribution in [1.82, 2.24) is 9.97 Å². The molecular formula is C11H18N4. The van der Waals surface area contributed by atoms with Crippen molar-refractivity contribution < 1.29 is 0 Å². The van der Waals surface area contributed by atoms with Crippen LogP contribution in [0.3, 0.4) is 0 Å². The molecule has 0 bridgehead atoms. The maximum atomic E-state index is 5.42. The fraction of sp³-hybridized carbons (Fsp3) is 0.636. The molecule has 4 heteroatoms.